The summed E-state index contributed by atoms with van der Waals surface area (Å²) in [6.45, 7) is 1.84. The number of nitrogens with zero attached hydrogens (tertiary/aromatic N) is 1. The zero-order chi connectivity index (χ0) is 14.2. The lowest BCUT2D eigenvalue weighted by atomic mass is 10.0. The Morgan fingerprint density at radius 2 is 2.00 bits per heavy atom. The van der Waals surface area contributed by atoms with Crippen molar-refractivity contribution in [3.8, 4) is 0 Å². The molecule has 0 saturated heterocycles. The molecule has 0 radical (unpaired) electrons. The second kappa shape index (κ2) is 4.71. The zero-order valence-corrected chi connectivity index (χ0v) is 11.2. The number of carbonyl (C=O) groups is 1. The van der Waals surface area contributed by atoms with Gasteiger partial charge in [-0.3, -0.25) is 4.79 Å². The maximum Gasteiger partial charge on any atom is 0.270 e. The highest BCUT2D eigenvalue weighted by atomic mass is 19.1. The minimum atomic E-state index is -0.426. The molecule has 1 aromatic carbocycles. The predicted molar refractivity (Wildman–Crippen MR) is 73.8 cm³/mol. The minimum absolute atomic E-state index is 0.213. The summed E-state index contributed by atoms with van der Waals surface area (Å²) < 4.78 is 13.3. The van der Waals surface area contributed by atoms with E-state index in [-0.39, 0.29) is 11.7 Å². The predicted octanol–water partition coefficient (Wildman–Crippen LogP) is 2.95. The molecule has 4 heteroatoms. The first-order chi connectivity index (χ1) is 9.59. The molecule has 0 unspecified atom stereocenters. The number of hydrogen-bond acceptors (Lipinski definition) is 2. The van der Waals surface area contributed by atoms with Gasteiger partial charge in [-0.2, -0.15) is 0 Å². The maximum atomic E-state index is 13.3. The number of nitrogens with one attached hydrogen (secondary N) is 1. The van der Waals surface area contributed by atoms with Crippen LogP contribution in [0, 0.1) is 12.7 Å². The Bertz CT molecular complexity index is 665. The number of carbonyl (C=O) groups excluding carboxylic acids is 1. The van der Waals surface area contributed by atoms with Crippen LogP contribution in [0.25, 0.3) is 0 Å². The number of aromatic nitrogens is 1. The summed E-state index contributed by atoms with van der Waals surface area (Å²) in [6.07, 6.45) is 1.65. The van der Waals surface area contributed by atoms with E-state index in [1.54, 1.807) is 18.2 Å². The average molecular weight is 270 g/mol. The van der Waals surface area contributed by atoms with E-state index < -0.39 is 5.54 Å². The van der Waals surface area contributed by atoms with E-state index in [2.05, 4.69) is 10.3 Å². The number of rotatable bonds is 3. The van der Waals surface area contributed by atoms with Crippen molar-refractivity contribution in [3.63, 3.8) is 0 Å². The third kappa shape index (κ3) is 2.41. The highest BCUT2D eigenvalue weighted by Crippen LogP contribution is 2.45. The van der Waals surface area contributed by atoms with Crippen molar-refractivity contribution in [1.82, 2.24) is 10.3 Å². The van der Waals surface area contributed by atoms with E-state index in [1.807, 2.05) is 19.1 Å². The molecule has 0 aliphatic heterocycles. The van der Waals surface area contributed by atoms with Crippen molar-refractivity contribution in [2.45, 2.75) is 25.3 Å². The van der Waals surface area contributed by atoms with E-state index in [0.29, 0.717) is 5.69 Å². The van der Waals surface area contributed by atoms with Gasteiger partial charge in [-0.15, -0.1) is 0 Å². The number of pyridine rings is 1. The normalized spacial score (nSPS) is 15.7. The van der Waals surface area contributed by atoms with Crippen molar-refractivity contribution < 1.29 is 9.18 Å². The zero-order valence-electron chi connectivity index (χ0n) is 11.2. The van der Waals surface area contributed by atoms with E-state index in [4.69, 9.17) is 0 Å². The van der Waals surface area contributed by atoms with Crippen LogP contribution in [0.15, 0.2) is 42.5 Å². The maximum absolute atomic E-state index is 13.3. The number of hydrogen-bond donors (Lipinski definition) is 1. The van der Waals surface area contributed by atoms with Gasteiger partial charge in [0, 0.05) is 5.69 Å². The highest BCUT2D eigenvalue weighted by Gasteiger charge is 2.46. The molecule has 1 heterocycles. The van der Waals surface area contributed by atoms with Gasteiger partial charge in [0.25, 0.3) is 5.91 Å². The van der Waals surface area contributed by atoms with Gasteiger partial charge in [0.05, 0.1) is 5.54 Å². The molecular formula is C16H15FN2O. The number of aryl methyl sites for hydroxylation is 1. The molecule has 2 aromatic rings. The van der Waals surface area contributed by atoms with E-state index in [9.17, 15) is 9.18 Å². The van der Waals surface area contributed by atoms with Gasteiger partial charge in [-0.05, 0) is 49.6 Å². The largest absolute Gasteiger partial charge is 0.341 e. The first-order valence-electron chi connectivity index (χ1n) is 6.61. The summed E-state index contributed by atoms with van der Waals surface area (Å²) in [6, 6.07) is 11.7. The van der Waals surface area contributed by atoms with Crippen molar-refractivity contribution in [3.05, 3.63) is 65.2 Å². The molecule has 1 amide bonds. The van der Waals surface area contributed by atoms with E-state index in [0.717, 1.165) is 24.1 Å². The summed E-state index contributed by atoms with van der Waals surface area (Å²) in [4.78, 5) is 16.5. The highest BCUT2D eigenvalue weighted by molar-refractivity contribution is 5.93. The van der Waals surface area contributed by atoms with Crippen LogP contribution < -0.4 is 5.32 Å². The summed E-state index contributed by atoms with van der Waals surface area (Å²) in [5.74, 6) is -0.493. The lowest BCUT2D eigenvalue weighted by Gasteiger charge is -2.18. The third-order valence-electron chi connectivity index (χ3n) is 3.60. The first-order valence-corrected chi connectivity index (χ1v) is 6.61. The van der Waals surface area contributed by atoms with Crippen LogP contribution in [0.4, 0.5) is 4.39 Å². The number of benzene rings is 1. The molecule has 1 aromatic heterocycles. The second-order valence-electron chi connectivity index (χ2n) is 5.21. The van der Waals surface area contributed by atoms with Gasteiger partial charge in [0.2, 0.25) is 0 Å². The van der Waals surface area contributed by atoms with Gasteiger partial charge >= 0.3 is 0 Å². The van der Waals surface area contributed by atoms with E-state index in [1.165, 1.54) is 12.1 Å². The average Bonchev–Trinajstić information content (AvgIpc) is 3.20. The summed E-state index contributed by atoms with van der Waals surface area (Å²) in [7, 11) is 0. The van der Waals surface area contributed by atoms with Crippen LogP contribution in [0.2, 0.25) is 0 Å². The molecule has 0 bridgehead atoms. The quantitative estimate of drug-likeness (QED) is 0.931. The molecule has 1 aliphatic rings. The Labute approximate surface area is 116 Å². The first kappa shape index (κ1) is 12.8. The van der Waals surface area contributed by atoms with Crippen LogP contribution in [-0.2, 0) is 5.54 Å². The molecule has 3 nitrogen and oxygen atoms in total. The smallest absolute Gasteiger partial charge is 0.270 e. The van der Waals surface area contributed by atoms with Crippen molar-refractivity contribution in [2.24, 2.45) is 0 Å². The summed E-state index contributed by atoms with van der Waals surface area (Å²) >= 11 is 0. The molecule has 0 spiro atoms. The molecule has 1 saturated carbocycles. The molecular weight excluding hydrogens is 255 g/mol. The third-order valence-corrected chi connectivity index (χ3v) is 3.60. The Kier molecular flexibility index (Phi) is 3.01. The molecule has 3 rings (SSSR count). The standard InChI is InChI=1S/C16H15FN2O/c1-11-4-2-7-14(18-11)15(20)19-16(8-9-16)12-5-3-6-13(17)10-12/h2-7,10H,8-9H2,1H3,(H,19,20). The van der Waals surface area contributed by atoms with Crippen molar-refractivity contribution >= 4 is 5.91 Å². The Morgan fingerprint density at radius 3 is 2.65 bits per heavy atom. The Morgan fingerprint density at radius 1 is 1.25 bits per heavy atom. The molecule has 0 atom stereocenters. The van der Waals surface area contributed by atoms with Crippen LogP contribution in [0.5, 0.6) is 0 Å². The molecule has 102 valence electrons. The molecule has 1 N–H and O–H groups in total. The molecule has 20 heavy (non-hydrogen) atoms. The number of amides is 1. The monoisotopic (exact) mass is 270 g/mol. The van der Waals surface area contributed by atoms with Gasteiger partial charge < -0.3 is 5.32 Å². The van der Waals surface area contributed by atoms with Crippen LogP contribution in [0.1, 0.15) is 34.6 Å². The fourth-order valence-electron chi connectivity index (χ4n) is 2.35. The lowest BCUT2D eigenvalue weighted by Crippen LogP contribution is -2.35. The van der Waals surface area contributed by atoms with Crippen LogP contribution in [0.3, 0.4) is 0 Å². The van der Waals surface area contributed by atoms with Gasteiger partial charge in [-0.25, -0.2) is 9.37 Å². The minimum Gasteiger partial charge on any atom is -0.341 e. The second-order valence-corrected chi connectivity index (χ2v) is 5.21. The van der Waals surface area contributed by atoms with Crippen LogP contribution >= 0.6 is 0 Å². The van der Waals surface area contributed by atoms with Crippen molar-refractivity contribution in [2.75, 3.05) is 0 Å². The van der Waals surface area contributed by atoms with Gasteiger partial charge in [0.1, 0.15) is 11.5 Å². The van der Waals surface area contributed by atoms with Gasteiger partial charge in [-0.1, -0.05) is 18.2 Å². The summed E-state index contributed by atoms with van der Waals surface area (Å²) in [5.41, 5.74) is 1.59. The molecule has 1 fully saturated rings. The SMILES string of the molecule is Cc1cccc(C(=O)NC2(c3cccc(F)c3)CC2)n1. The van der Waals surface area contributed by atoms with Crippen LogP contribution in [-0.4, -0.2) is 10.9 Å². The number of halogens is 1. The van der Waals surface area contributed by atoms with E-state index >= 15 is 0 Å². The van der Waals surface area contributed by atoms with Crippen molar-refractivity contribution in [1.29, 1.82) is 0 Å². The topological polar surface area (TPSA) is 42.0 Å². The van der Waals surface area contributed by atoms with Gasteiger partial charge in [0.15, 0.2) is 0 Å². The fraction of sp³-hybridized carbons (Fsp3) is 0.250. The summed E-state index contributed by atoms with van der Waals surface area (Å²) in [5, 5.41) is 2.99. The lowest BCUT2D eigenvalue weighted by molar-refractivity contribution is 0.0925. The Hall–Kier alpha value is -2.23. The molecule has 1 aliphatic carbocycles. The Balaban J connectivity index is 1.82. The fourth-order valence-corrected chi connectivity index (χ4v) is 2.35.